The van der Waals surface area contributed by atoms with Crippen molar-refractivity contribution < 1.29 is 9.26 Å². The quantitative estimate of drug-likeness (QED) is 0.591. The van der Waals surface area contributed by atoms with Gasteiger partial charge in [-0.2, -0.15) is 4.98 Å². The highest BCUT2D eigenvalue weighted by Crippen LogP contribution is 2.30. The molecular weight excluding hydrogens is 422 g/mol. The molecule has 148 valence electrons. The van der Waals surface area contributed by atoms with E-state index < -0.39 is 0 Å². The minimum atomic E-state index is -0.156. The van der Waals surface area contributed by atoms with E-state index in [9.17, 15) is 0 Å². The van der Waals surface area contributed by atoms with E-state index in [2.05, 4.69) is 59.1 Å². The predicted molar refractivity (Wildman–Crippen MR) is 111 cm³/mol. The number of aromatic nitrogens is 3. The van der Waals surface area contributed by atoms with Gasteiger partial charge in [0, 0.05) is 55.0 Å². The predicted octanol–water partition coefficient (Wildman–Crippen LogP) is 3.80. The van der Waals surface area contributed by atoms with E-state index in [-0.39, 0.29) is 6.10 Å². The molecule has 8 heteroatoms. The Kier molecular flexibility index (Phi) is 5.89. The lowest BCUT2D eigenvalue weighted by Crippen LogP contribution is -2.30. The van der Waals surface area contributed by atoms with Gasteiger partial charge in [-0.3, -0.25) is 9.88 Å². The third kappa shape index (κ3) is 4.04. The van der Waals surface area contributed by atoms with Gasteiger partial charge in [0.1, 0.15) is 6.10 Å². The minimum Gasteiger partial charge on any atom is -0.374 e. The lowest BCUT2D eigenvalue weighted by Gasteiger charge is -2.24. The summed E-state index contributed by atoms with van der Waals surface area (Å²) >= 11 is 3.61. The zero-order valence-corrected chi connectivity index (χ0v) is 17.7. The highest BCUT2D eigenvalue weighted by molar-refractivity contribution is 9.10. The number of nitrogens with zero attached hydrogens (tertiary/aromatic N) is 5. The number of fused-ring (bicyclic) bond motifs is 1. The average Bonchev–Trinajstić information content (AvgIpc) is 3.06. The highest BCUT2D eigenvalue weighted by Gasteiger charge is 2.20. The smallest absolute Gasteiger partial charge is 0.240 e. The average molecular weight is 446 g/mol. The van der Waals surface area contributed by atoms with Crippen molar-refractivity contribution in [2.45, 2.75) is 26.0 Å². The highest BCUT2D eigenvalue weighted by atomic mass is 79.9. The van der Waals surface area contributed by atoms with Crippen LogP contribution in [0.2, 0.25) is 0 Å². The molecule has 0 spiro atoms. The third-order valence-corrected chi connectivity index (χ3v) is 5.83. The van der Waals surface area contributed by atoms with Gasteiger partial charge in [0.25, 0.3) is 0 Å². The molecule has 0 radical (unpaired) electrons. The van der Waals surface area contributed by atoms with Gasteiger partial charge in [-0.25, -0.2) is 0 Å². The van der Waals surface area contributed by atoms with Gasteiger partial charge in [-0.1, -0.05) is 17.3 Å². The second kappa shape index (κ2) is 8.55. The first-order chi connectivity index (χ1) is 13.7. The minimum absolute atomic E-state index is 0.156. The molecule has 1 saturated heterocycles. The molecule has 1 aliphatic heterocycles. The van der Waals surface area contributed by atoms with Gasteiger partial charge in [-0.15, -0.1) is 0 Å². The molecule has 0 bridgehead atoms. The maximum Gasteiger partial charge on any atom is 0.240 e. The molecule has 0 saturated carbocycles. The number of benzene rings is 1. The Morgan fingerprint density at radius 1 is 1.21 bits per heavy atom. The number of anilines is 1. The molecule has 0 N–H and O–H groups in total. The fourth-order valence-corrected chi connectivity index (χ4v) is 4.03. The summed E-state index contributed by atoms with van der Waals surface area (Å²) in [6.45, 7) is 6.48. The second-order valence-corrected chi connectivity index (χ2v) is 7.86. The van der Waals surface area contributed by atoms with Crippen LogP contribution in [0.5, 0.6) is 0 Å². The van der Waals surface area contributed by atoms with Crippen LogP contribution in [0.4, 0.5) is 5.69 Å². The third-order valence-electron chi connectivity index (χ3n) is 5.19. The van der Waals surface area contributed by atoms with Crippen molar-refractivity contribution in [3.8, 4) is 0 Å². The van der Waals surface area contributed by atoms with E-state index in [1.54, 1.807) is 7.11 Å². The number of ether oxygens (including phenoxy) is 1. The van der Waals surface area contributed by atoms with Crippen LogP contribution in [0, 0.1) is 0 Å². The Labute approximate surface area is 172 Å². The second-order valence-electron chi connectivity index (χ2n) is 7.01. The summed E-state index contributed by atoms with van der Waals surface area (Å²) < 4.78 is 11.7. The van der Waals surface area contributed by atoms with Crippen molar-refractivity contribution in [3.63, 3.8) is 0 Å². The molecule has 0 amide bonds. The summed E-state index contributed by atoms with van der Waals surface area (Å²) in [5, 5.41) is 5.20. The van der Waals surface area contributed by atoms with Gasteiger partial charge in [0.2, 0.25) is 5.89 Å². The van der Waals surface area contributed by atoms with E-state index in [0.29, 0.717) is 18.3 Å². The summed E-state index contributed by atoms with van der Waals surface area (Å²) in [5.74, 6) is 1.24. The number of halogens is 1. The molecule has 1 unspecified atom stereocenters. The first-order valence-corrected chi connectivity index (χ1v) is 10.3. The molecule has 3 aromatic rings. The van der Waals surface area contributed by atoms with E-state index >= 15 is 0 Å². The van der Waals surface area contributed by atoms with Gasteiger partial charge in [0.05, 0.1) is 12.1 Å². The molecule has 28 heavy (non-hydrogen) atoms. The number of hydrogen-bond acceptors (Lipinski definition) is 7. The van der Waals surface area contributed by atoms with Crippen LogP contribution in [0.1, 0.15) is 31.2 Å². The molecule has 1 fully saturated rings. The summed E-state index contributed by atoms with van der Waals surface area (Å²) in [5.41, 5.74) is 2.24. The van der Waals surface area contributed by atoms with Crippen molar-refractivity contribution in [3.05, 3.63) is 46.7 Å². The number of para-hydroxylation sites is 1. The van der Waals surface area contributed by atoms with Crippen LogP contribution in [-0.2, 0) is 11.3 Å². The molecule has 1 aromatic carbocycles. The largest absolute Gasteiger partial charge is 0.374 e. The molecule has 7 nitrogen and oxygen atoms in total. The van der Waals surface area contributed by atoms with Crippen LogP contribution in [0.25, 0.3) is 10.9 Å². The van der Waals surface area contributed by atoms with Gasteiger partial charge < -0.3 is 14.2 Å². The first kappa shape index (κ1) is 19.3. The maximum atomic E-state index is 5.40. The van der Waals surface area contributed by atoms with E-state index in [0.717, 1.165) is 42.6 Å². The van der Waals surface area contributed by atoms with E-state index in [1.807, 2.05) is 19.2 Å². The monoisotopic (exact) mass is 445 g/mol. The van der Waals surface area contributed by atoms with Crippen molar-refractivity contribution in [1.82, 2.24) is 20.0 Å². The summed E-state index contributed by atoms with van der Waals surface area (Å²) in [7, 11) is 1.64. The molecule has 1 aliphatic rings. The Bertz CT molecular complexity index is 947. The zero-order valence-electron chi connectivity index (χ0n) is 16.1. The standard InChI is InChI=1S/C20H24BrN5O2/c1-14(27-2)20-23-18(28-24-20)13-25-9-4-10-26(12-11-25)17-7-8-22-19-15(17)5-3-6-16(19)21/h3,5-8,14H,4,9-13H2,1-2H3. The van der Waals surface area contributed by atoms with E-state index in [1.165, 1.54) is 11.1 Å². The van der Waals surface area contributed by atoms with Crippen molar-refractivity contribution in [2.75, 3.05) is 38.2 Å². The van der Waals surface area contributed by atoms with Crippen LogP contribution >= 0.6 is 15.9 Å². The zero-order chi connectivity index (χ0) is 19.5. The lowest BCUT2D eigenvalue weighted by atomic mass is 10.1. The lowest BCUT2D eigenvalue weighted by molar-refractivity contribution is 0.109. The van der Waals surface area contributed by atoms with Crippen molar-refractivity contribution in [2.24, 2.45) is 0 Å². The number of rotatable bonds is 5. The normalized spacial score (nSPS) is 17.0. The van der Waals surface area contributed by atoms with Gasteiger partial charge in [-0.05, 0) is 41.4 Å². The number of hydrogen-bond donors (Lipinski definition) is 0. The van der Waals surface area contributed by atoms with Crippen LogP contribution in [0.15, 0.2) is 39.5 Å². The van der Waals surface area contributed by atoms with Gasteiger partial charge >= 0.3 is 0 Å². The maximum absolute atomic E-state index is 5.40. The van der Waals surface area contributed by atoms with Gasteiger partial charge in [0.15, 0.2) is 5.82 Å². The summed E-state index contributed by atoms with van der Waals surface area (Å²) in [4.78, 5) is 13.8. The van der Waals surface area contributed by atoms with Crippen molar-refractivity contribution in [1.29, 1.82) is 0 Å². The SMILES string of the molecule is COC(C)c1noc(CN2CCCN(c3ccnc4c(Br)cccc34)CC2)n1. The molecule has 3 heterocycles. The molecule has 4 rings (SSSR count). The van der Waals surface area contributed by atoms with Crippen LogP contribution < -0.4 is 4.90 Å². The van der Waals surface area contributed by atoms with Crippen LogP contribution in [-0.4, -0.2) is 53.3 Å². The molecule has 2 aromatic heterocycles. The fraction of sp³-hybridized carbons (Fsp3) is 0.450. The van der Waals surface area contributed by atoms with E-state index in [4.69, 9.17) is 9.26 Å². The summed E-state index contributed by atoms with van der Waals surface area (Å²) in [6, 6.07) is 8.35. The Morgan fingerprint density at radius 2 is 2.11 bits per heavy atom. The topological polar surface area (TPSA) is 67.5 Å². The Hall–Kier alpha value is -2.03. The molecular formula is C20H24BrN5O2. The first-order valence-electron chi connectivity index (χ1n) is 9.51. The fourth-order valence-electron chi connectivity index (χ4n) is 3.57. The van der Waals surface area contributed by atoms with Crippen molar-refractivity contribution >= 4 is 32.5 Å². The number of pyridine rings is 1. The summed E-state index contributed by atoms with van der Waals surface area (Å²) in [6.07, 6.45) is 2.81. The molecule has 1 atom stereocenters. The molecule has 0 aliphatic carbocycles. The number of methoxy groups -OCH3 is 1. The Morgan fingerprint density at radius 3 is 2.96 bits per heavy atom. The van der Waals surface area contributed by atoms with Crippen LogP contribution in [0.3, 0.4) is 0 Å². The Balaban J connectivity index is 1.46.